The molecule has 0 aliphatic heterocycles. The summed E-state index contributed by atoms with van der Waals surface area (Å²) in [6, 6.07) is 15.4. The number of hydrogen-bond donors (Lipinski definition) is 1. The van der Waals surface area contributed by atoms with Crippen molar-refractivity contribution in [2.75, 3.05) is 25.5 Å². The van der Waals surface area contributed by atoms with Crippen LogP contribution in [0.25, 0.3) is 0 Å². The second-order valence-electron chi connectivity index (χ2n) is 5.33. The molecule has 0 aliphatic carbocycles. The molecular formula is C19H21BrN2O2. The van der Waals surface area contributed by atoms with Gasteiger partial charge >= 0.3 is 0 Å². The Labute approximate surface area is 151 Å². The highest BCUT2D eigenvalue weighted by atomic mass is 79.9. The molecule has 0 radical (unpaired) electrons. The maximum absolute atomic E-state index is 12.3. The molecule has 2 rings (SSSR count). The predicted molar refractivity (Wildman–Crippen MR) is 101 cm³/mol. The van der Waals surface area contributed by atoms with Crippen molar-refractivity contribution in [2.24, 2.45) is 0 Å². The number of nitrogens with one attached hydrogen (secondary N) is 1. The molecule has 0 heterocycles. The number of carbonyl (C=O) groups excluding carboxylic acids is 1. The Kier molecular flexibility index (Phi) is 7.03. The van der Waals surface area contributed by atoms with E-state index >= 15 is 0 Å². The summed E-state index contributed by atoms with van der Waals surface area (Å²) in [5, 5.41) is 2.92. The summed E-state index contributed by atoms with van der Waals surface area (Å²) in [5.74, 6) is 0.762. The minimum Gasteiger partial charge on any atom is -0.497 e. The van der Waals surface area contributed by atoms with Crippen molar-refractivity contribution in [3.63, 3.8) is 0 Å². The molecule has 24 heavy (non-hydrogen) atoms. The van der Waals surface area contributed by atoms with Crippen LogP contribution in [0.1, 0.15) is 5.56 Å². The fourth-order valence-electron chi connectivity index (χ4n) is 2.31. The quantitative estimate of drug-likeness (QED) is 0.692. The Morgan fingerprint density at radius 3 is 2.58 bits per heavy atom. The van der Waals surface area contributed by atoms with Crippen molar-refractivity contribution >= 4 is 27.5 Å². The molecule has 0 fully saturated rings. The maximum Gasteiger partial charge on any atom is 0.238 e. The van der Waals surface area contributed by atoms with Gasteiger partial charge in [0.25, 0.3) is 0 Å². The van der Waals surface area contributed by atoms with Crippen molar-refractivity contribution in [1.82, 2.24) is 4.90 Å². The van der Waals surface area contributed by atoms with E-state index in [1.165, 1.54) is 0 Å². The van der Waals surface area contributed by atoms with E-state index in [1.807, 2.05) is 53.4 Å². The van der Waals surface area contributed by atoms with Gasteiger partial charge in [0.15, 0.2) is 0 Å². The van der Waals surface area contributed by atoms with Gasteiger partial charge in [-0.15, -0.1) is 6.58 Å². The number of anilines is 1. The fourth-order valence-corrected chi connectivity index (χ4v) is 2.70. The molecule has 0 saturated carbocycles. The lowest BCUT2D eigenvalue weighted by Gasteiger charge is -2.20. The molecule has 0 bridgehead atoms. The smallest absolute Gasteiger partial charge is 0.238 e. The normalized spacial score (nSPS) is 10.5. The third-order valence-electron chi connectivity index (χ3n) is 3.47. The molecule has 0 aromatic heterocycles. The lowest BCUT2D eigenvalue weighted by molar-refractivity contribution is -0.117. The van der Waals surface area contributed by atoms with Gasteiger partial charge in [0.2, 0.25) is 5.91 Å². The van der Waals surface area contributed by atoms with Crippen molar-refractivity contribution in [2.45, 2.75) is 6.54 Å². The van der Waals surface area contributed by atoms with E-state index in [0.717, 1.165) is 21.5 Å². The summed E-state index contributed by atoms with van der Waals surface area (Å²) in [4.78, 5) is 14.3. The third-order valence-corrected chi connectivity index (χ3v) is 4.16. The molecule has 0 atom stereocenters. The van der Waals surface area contributed by atoms with Crippen LogP contribution in [0.15, 0.2) is 65.7 Å². The monoisotopic (exact) mass is 388 g/mol. The first-order valence-corrected chi connectivity index (χ1v) is 8.42. The zero-order valence-electron chi connectivity index (χ0n) is 13.7. The molecule has 0 unspecified atom stereocenters. The van der Waals surface area contributed by atoms with Crippen LogP contribution in [-0.2, 0) is 11.3 Å². The summed E-state index contributed by atoms with van der Waals surface area (Å²) in [6.45, 7) is 5.37. The Bertz CT molecular complexity index is 686. The third kappa shape index (κ3) is 5.51. The minimum absolute atomic E-state index is 0.0581. The van der Waals surface area contributed by atoms with Crippen LogP contribution in [0.2, 0.25) is 0 Å². The fraction of sp³-hybridized carbons (Fsp3) is 0.211. The van der Waals surface area contributed by atoms with Crippen LogP contribution >= 0.6 is 15.9 Å². The van der Waals surface area contributed by atoms with E-state index in [-0.39, 0.29) is 5.91 Å². The van der Waals surface area contributed by atoms with Gasteiger partial charge in [0, 0.05) is 17.6 Å². The molecule has 2 aromatic rings. The molecule has 2 aromatic carbocycles. The molecule has 5 heteroatoms. The standard InChI is InChI=1S/C19H21BrN2O2/c1-3-12-22(13-15-8-10-16(24-2)11-9-15)14-19(23)21-18-7-5-4-6-17(18)20/h3-11H,1,12-14H2,2H3,(H,21,23). The van der Waals surface area contributed by atoms with Crippen LogP contribution < -0.4 is 10.1 Å². The lowest BCUT2D eigenvalue weighted by Crippen LogP contribution is -2.33. The molecule has 126 valence electrons. The first kappa shape index (κ1) is 18.2. The summed E-state index contributed by atoms with van der Waals surface area (Å²) in [7, 11) is 1.64. The lowest BCUT2D eigenvalue weighted by atomic mass is 10.2. The molecule has 0 saturated heterocycles. The van der Waals surface area contributed by atoms with E-state index in [0.29, 0.717) is 19.6 Å². The topological polar surface area (TPSA) is 41.6 Å². The number of nitrogens with zero attached hydrogens (tertiary/aromatic N) is 1. The van der Waals surface area contributed by atoms with Crippen molar-refractivity contribution in [3.8, 4) is 5.75 Å². The Balaban J connectivity index is 1.97. The largest absolute Gasteiger partial charge is 0.497 e. The van der Waals surface area contributed by atoms with Crippen molar-refractivity contribution in [3.05, 3.63) is 71.2 Å². The SMILES string of the molecule is C=CCN(CC(=O)Nc1ccccc1Br)Cc1ccc(OC)cc1. The van der Waals surface area contributed by atoms with E-state index in [2.05, 4.69) is 27.8 Å². The van der Waals surface area contributed by atoms with Gasteiger partial charge in [-0.2, -0.15) is 0 Å². The Morgan fingerprint density at radius 1 is 1.25 bits per heavy atom. The number of amides is 1. The first-order valence-electron chi connectivity index (χ1n) is 7.63. The summed E-state index contributed by atoms with van der Waals surface area (Å²) < 4.78 is 6.03. The van der Waals surface area contributed by atoms with Crippen LogP contribution in [0.4, 0.5) is 5.69 Å². The zero-order valence-corrected chi connectivity index (χ0v) is 15.3. The van der Waals surface area contributed by atoms with Crippen molar-refractivity contribution in [1.29, 1.82) is 0 Å². The average molecular weight is 389 g/mol. The number of halogens is 1. The van der Waals surface area contributed by atoms with Crippen molar-refractivity contribution < 1.29 is 9.53 Å². The highest BCUT2D eigenvalue weighted by Crippen LogP contribution is 2.21. The summed E-state index contributed by atoms with van der Waals surface area (Å²) >= 11 is 3.43. The van der Waals surface area contributed by atoms with E-state index in [9.17, 15) is 4.79 Å². The second-order valence-corrected chi connectivity index (χ2v) is 6.19. The second kappa shape index (κ2) is 9.25. The molecule has 1 amide bonds. The highest BCUT2D eigenvalue weighted by Gasteiger charge is 2.11. The number of benzene rings is 2. The molecular weight excluding hydrogens is 368 g/mol. The van der Waals surface area contributed by atoms with Gasteiger partial charge in [0.05, 0.1) is 19.3 Å². The average Bonchev–Trinajstić information content (AvgIpc) is 2.58. The maximum atomic E-state index is 12.3. The number of hydrogen-bond acceptors (Lipinski definition) is 3. The molecule has 1 N–H and O–H groups in total. The first-order chi connectivity index (χ1) is 11.6. The number of rotatable bonds is 8. The minimum atomic E-state index is -0.0581. The molecule has 0 aliphatic rings. The summed E-state index contributed by atoms with van der Waals surface area (Å²) in [5.41, 5.74) is 1.89. The number of ether oxygens (including phenoxy) is 1. The van der Waals surface area contributed by atoms with Crippen LogP contribution in [-0.4, -0.2) is 31.0 Å². The van der Waals surface area contributed by atoms with Gasteiger partial charge in [-0.05, 0) is 45.8 Å². The van der Waals surface area contributed by atoms with E-state index < -0.39 is 0 Å². The zero-order chi connectivity index (χ0) is 17.4. The molecule has 0 spiro atoms. The molecule has 4 nitrogen and oxygen atoms in total. The van der Waals surface area contributed by atoms with Crippen LogP contribution in [0.3, 0.4) is 0 Å². The number of methoxy groups -OCH3 is 1. The Morgan fingerprint density at radius 2 is 1.96 bits per heavy atom. The van der Waals surface area contributed by atoms with Gasteiger partial charge in [-0.1, -0.05) is 30.3 Å². The predicted octanol–water partition coefficient (Wildman–Crippen LogP) is 4.08. The van der Waals surface area contributed by atoms with Gasteiger partial charge in [0.1, 0.15) is 5.75 Å². The Hall–Kier alpha value is -2.11. The number of carbonyl (C=O) groups is 1. The van der Waals surface area contributed by atoms with Gasteiger partial charge in [-0.3, -0.25) is 9.69 Å². The van der Waals surface area contributed by atoms with E-state index in [4.69, 9.17) is 4.74 Å². The van der Waals surface area contributed by atoms with Gasteiger partial charge < -0.3 is 10.1 Å². The van der Waals surface area contributed by atoms with Gasteiger partial charge in [-0.25, -0.2) is 0 Å². The van der Waals surface area contributed by atoms with Crippen LogP contribution in [0, 0.1) is 0 Å². The summed E-state index contributed by atoms with van der Waals surface area (Å²) in [6.07, 6.45) is 1.80. The van der Waals surface area contributed by atoms with E-state index in [1.54, 1.807) is 13.2 Å². The number of para-hydroxylation sites is 1. The van der Waals surface area contributed by atoms with Crippen LogP contribution in [0.5, 0.6) is 5.75 Å². The highest BCUT2D eigenvalue weighted by molar-refractivity contribution is 9.10.